The Morgan fingerprint density at radius 1 is 1.47 bits per heavy atom. The number of piperazine rings is 1. The molecule has 7 heteroatoms. The SMILES string of the molecule is C[C@H]1OC(=O)Nc2ncnc(N3CCNC4CC43)c21. The lowest BCUT2D eigenvalue weighted by Crippen LogP contribution is -2.44. The standard InChI is InChI=1S/C12H15N5O2/c1-6-9-10(16-12(18)19-6)14-5-15-11(9)17-3-2-13-7-4-8(7)17/h5-8,13H,2-4H2,1H3,(H,14,15,16,18)/t6-,7?,8?/m1/s1. The van der Waals surface area contributed by atoms with E-state index in [-0.39, 0.29) is 6.10 Å². The molecule has 2 aliphatic heterocycles. The smallest absolute Gasteiger partial charge is 0.413 e. The quantitative estimate of drug-likeness (QED) is 0.772. The van der Waals surface area contributed by atoms with Gasteiger partial charge in [0.05, 0.1) is 5.56 Å². The first-order valence-electron chi connectivity index (χ1n) is 6.56. The van der Waals surface area contributed by atoms with Crippen LogP contribution in [0.5, 0.6) is 0 Å². The summed E-state index contributed by atoms with van der Waals surface area (Å²) in [5, 5.41) is 6.11. The Hall–Kier alpha value is -1.89. The highest BCUT2D eigenvalue weighted by molar-refractivity contribution is 5.88. The Labute approximate surface area is 110 Å². The Morgan fingerprint density at radius 2 is 2.37 bits per heavy atom. The molecule has 1 saturated carbocycles. The number of nitrogens with one attached hydrogen (secondary N) is 2. The van der Waals surface area contributed by atoms with Crippen LogP contribution in [-0.4, -0.2) is 41.2 Å². The fraction of sp³-hybridized carbons (Fsp3) is 0.583. The lowest BCUT2D eigenvalue weighted by Gasteiger charge is -2.32. The highest BCUT2D eigenvalue weighted by atomic mass is 16.6. The van der Waals surface area contributed by atoms with Gasteiger partial charge in [-0.3, -0.25) is 5.32 Å². The molecule has 7 nitrogen and oxygen atoms in total. The minimum Gasteiger partial charge on any atom is -0.441 e. The van der Waals surface area contributed by atoms with E-state index in [2.05, 4.69) is 25.5 Å². The summed E-state index contributed by atoms with van der Waals surface area (Å²) >= 11 is 0. The number of carbonyl (C=O) groups is 1. The molecule has 2 N–H and O–H groups in total. The van der Waals surface area contributed by atoms with E-state index >= 15 is 0 Å². The zero-order chi connectivity index (χ0) is 13.0. The van der Waals surface area contributed by atoms with E-state index in [0.29, 0.717) is 17.9 Å². The second-order valence-corrected chi connectivity index (χ2v) is 5.19. The summed E-state index contributed by atoms with van der Waals surface area (Å²) in [5.41, 5.74) is 0.884. The van der Waals surface area contributed by atoms with Crippen molar-refractivity contribution < 1.29 is 9.53 Å². The van der Waals surface area contributed by atoms with E-state index in [4.69, 9.17) is 4.74 Å². The van der Waals surface area contributed by atoms with E-state index < -0.39 is 6.09 Å². The molecule has 19 heavy (non-hydrogen) atoms. The summed E-state index contributed by atoms with van der Waals surface area (Å²) in [6.45, 7) is 3.74. The van der Waals surface area contributed by atoms with Crippen molar-refractivity contribution in [2.45, 2.75) is 31.5 Å². The molecule has 0 spiro atoms. The number of rotatable bonds is 1. The van der Waals surface area contributed by atoms with Gasteiger partial charge in [-0.25, -0.2) is 14.8 Å². The summed E-state index contributed by atoms with van der Waals surface area (Å²) in [7, 11) is 0. The van der Waals surface area contributed by atoms with Crippen LogP contribution >= 0.6 is 0 Å². The van der Waals surface area contributed by atoms with Crippen molar-refractivity contribution in [1.29, 1.82) is 0 Å². The topological polar surface area (TPSA) is 79.4 Å². The van der Waals surface area contributed by atoms with Gasteiger partial charge in [0.15, 0.2) is 0 Å². The molecular formula is C12H15N5O2. The van der Waals surface area contributed by atoms with Gasteiger partial charge in [-0.05, 0) is 13.3 Å². The second kappa shape index (κ2) is 3.80. The Morgan fingerprint density at radius 3 is 3.26 bits per heavy atom. The second-order valence-electron chi connectivity index (χ2n) is 5.19. The summed E-state index contributed by atoms with van der Waals surface area (Å²) < 4.78 is 5.22. The lowest BCUT2D eigenvalue weighted by atomic mass is 10.1. The number of cyclic esters (lactones) is 1. The lowest BCUT2D eigenvalue weighted by molar-refractivity contribution is 0.116. The van der Waals surface area contributed by atoms with Crippen molar-refractivity contribution in [1.82, 2.24) is 15.3 Å². The minimum absolute atomic E-state index is 0.313. The third-order valence-corrected chi connectivity index (χ3v) is 3.96. The van der Waals surface area contributed by atoms with Gasteiger partial charge in [0.1, 0.15) is 24.1 Å². The van der Waals surface area contributed by atoms with Crippen molar-refractivity contribution in [2.75, 3.05) is 23.3 Å². The third kappa shape index (κ3) is 1.65. The molecule has 1 aromatic rings. The van der Waals surface area contributed by atoms with Crippen LogP contribution < -0.4 is 15.5 Å². The zero-order valence-corrected chi connectivity index (χ0v) is 10.6. The van der Waals surface area contributed by atoms with Crippen molar-refractivity contribution in [2.24, 2.45) is 0 Å². The van der Waals surface area contributed by atoms with Crippen LogP contribution in [0.25, 0.3) is 0 Å². The largest absolute Gasteiger partial charge is 0.441 e. The molecule has 3 heterocycles. The van der Waals surface area contributed by atoms with E-state index in [0.717, 1.165) is 30.9 Å². The van der Waals surface area contributed by atoms with Crippen molar-refractivity contribution in [3.05, 3.63) is 11.9 Å². The number of fused-ring (bicyclic) bond motifs is 2. The molecule has 1 aliphatic carbocycles. The maximum Gasteiger partial charge on any atom is 0.413 e. The molecule has 0 radical (unpaired) electrons. The van der Waals surface area contributed by atoms with Gasteiger partial charge in [0.2, 0.25) is 0 Å². The molecule has 3 aliphatic rings. The van der Waals surface area contributed by atoms with Gasteiger partial charge < -0.3 is 15.0 Å². The Kier molecular flexibility index (Phi) is 2.20. The third-order valence-electron chi connectivity index (χ3n) is 3.96. The fourth-order valence-electron chi connectivity index (χ4n) is 2.98. The highest BCUT2D eigenvalue weighted by Gasteiger charge is 2.46. The number of hydrogen-bond donors (Lipinski definition) is 2. The number of hydrogen-bond acceptors (Lipinski definition) is 6. The van der Waals surface area contributed by atoms with Crippen molar-refractivity contribution in [3.8, 4) is 0 Å². The van der Waals surface area contributed by atoms with Gasteiger partial charge in [-0.1, -0.05) is 0 Å². The summed E-state index contributed by atoms with van der Waals surface area (Å²) in [4.78, 5) is 22.3. The number of amides is 1. The predicted octanol–water partition coefficient (Wildman–Crippen LogP) is 0.650. The number of nitrogens with zero attached hydrogens (tertiary/aromatic N) is 3. The highest BCUT2D eigenvalue weighted by Crippen LogP contribution is 2.40. The van der Waals surface area contributed by atoms with Crippen LogP contribution in [0.1, 0.15) is 25.0 Å². The minimum atomic E-state index is -0.450. The molecule has 2 unspecified atom stereocenters. The van der Waals surface area contributed by atoms with E-state index in [1.807, 2.05) is 6.92 Å². The predicted molar refractivity (Wildman–Crippen MR) is 68.1 cm³/mol. The molecule has 3 atom stereocenters. The number of aromatic nitrogens is 2. The maximum absolute atomic E-state index is 11.4. The van der Waals surface area contributed by atoms with Gasteiger partial charge in [0, 0.05) is 25.2 Å². The van der Waals surface area contributed by atoms with E-state index in [9.17, 15) is 4.79 Å². The summed E-state index contributed by atoms with van der Waals surface area (Å²) in [5.74, 6) is 1.47. The van der Waals surface area contributed by atoms with Crippen LogP contribution in [-0.2, 0) is 4.74 Å². The van der Waals surface area contributed by atoms with Crippen LogP contribution in [0.2, 0.25) is 0 Å². The number of carbonyl (C=O) groups excluding carboxylic acids is 1. The summed E-state index contributed by atoms with van der Waals surface area (Å²) in [6, 6.07) is 1.09. The maximum atomic E-state index is 11.4. The van der Waals surface area contributed by atoms with E-state index in [1.54, 1.807) is 0 Å². The first kappa shape index (κ1) is 11.0. The monoisotopic (exact) mass is 261 g/mol. The van der Waals surface area contributed by atoms with Crippen LogP contribution in [0, 0.1) is 0 Å². The number of ether oxygens (including phenoxy) is 1. The first-order valence-corrected chi connectivity index (χ1v) is 6.56. The van der Waals surface area contributed by atoms with Gasteiger partial charge in [-0.15, -0.1) is 0 Å². The summed E-state index contributed by atoms with van der Waals surface area (Å²) in [6.07, 6.45) is 1.90. The number of anilines is 2. The zero-order valence-electron chi connectivity index (χ0n) is 10.6. The van der Waals surface area contributed by atoms with E-state index in [1.165, 1.54) is 6.33 Å². The average Bonchev–Trinajstić information content (AvgIpc) is 3.16. The molecule has 4 rings (SSSR count). The van der Waals surface area contributed by atoms with Crippen molar-refractivity contribution >= 4 is 17.7 Å². The molecule has 0 aromatic carbocycles. The van der Waals surface area contributed by atoms with Crippen LogP contribution in [0.3, 0.4) is 0 Å². The molecule has 2 fully saturated rings. The molecule has 0 bridgehead atoms. The normalized spacial score (nSPS) is 31.9. The Balaban J connectivity index is 1.76. The van der Waals surface area contributed by atoms with Crippen molar-refractivity contribution in [3.63, 3.8) is 0 Å². The molecule has 1 saturated heterocycles. The van der Waals surface area contributed by atoms with Gasteiger partial charge >= 0.3 is 6.09 Å². The average molecular weight is 261 g/mol. The van der Waals surface area contributed by atoms with Crippen LogP contribution in [0.15, 0.2) is 6.33 Å². The Bertz CT molecular complexity index is 549. The first-order chi connectivity index (χ1) is 9.24. The molecule has 1 aromatic heterocycles. The molecule has 100 valence electrons. The molecule has 1 amide bonds. The van der Waals surface area contributed by atoms with Gasteiger partial charge in [0.25, 0.3) is 0 Å². The van der Waals surface area contributed by atoms with Gasteiger partial charge in [-0.2, -0.15) is 0 Å². The van der Waals surface area contributed by atoms with Crippen LogP contribution in [0.4, 0.5) is 16.4 Å². The fourth-order valence-corrected chi connectivity index (χ4v) is 2.98. The molecular weight excluding hydrogens is 246 g/mol.